The molecule has 2 rings (SSSR count). The molecule has 1 fully saturated rings. The summed E-state index contributed by atoms with van der Waals surface area (Å²) in [5, 5.41) is 4.35. The summed E-state index contributed by atoms with van der Waals surface area (Å²) in [5.74, 6) is 0. The molecule has 1 aromatic carbocycles. The predicted molar refractivity (Wildman–Crippen MR) is 78.6 cm³/mol. The van der Waals surface area contributed by atoms with Crippen molar-refractivity contribution in [2.45, 2.75) is 19.0 Å². The van der Waals surface area contributed by atoms with Crippen molar-refractivity contribution in [1.29, 1.82) is 0 Å². The molecule has 0 amide bonds. The van der Waals surface area contributed by atoms with Gasteiger partial charge in [0.05, 0.1) is 6.04 Å². The van der Waals surface area contributed by atoms with Gasteiger partial charge in [0, 0.05) is 36.4 Å². The van der Waals surface area contributed by atoms with Crippen molar-refractivity contribution in [3.05, 3.63) is 29.3 Å². The van der Waals surface area contributed by atoms with E-state index in [1.54, 1.807) is 0 Å². The van der Waals surface area contributed by atoms with Gasteiger partial charge in [0.1, 0.15) is 0 Å². The molecule has 100 valence electrons. The third-order valence-corrected chi connectivity index (χ3v) is 3.60. The van der Waals surface area contributed by atoms with E-state index in [4.69, 9.17) is 11.6 Å². The summed E-state index contributed by atoms with van der Waals surface area (Å²) in [7, 11) is 4.25. The fourth-order valence-corrected chi connectivity index (χ4v) is 2.62. The summed E-state index contributed by atoms with van der Waals surface area (Å²) in [6, 6.07) is 9.20. The van der Waals surface area contributed by atoms with Crippen molar-refractivity contribution in [2.75, 3.05) is 38.6 Å². The highest BCUT2D eigenvalue weighted by atomic mass is 35.5. The van der Waals surface area contributed by atoms with Crippen LogP contribution in [0.1, 0.15) is 6.92 Å². The van der Waals surface area contributed by atoms with E-state index in [-0.39, 0.29) is 0 Å². The molecule has 0 aliphatic carbocycles. The number of nitrogens with one attached hydrogen (secondary N) is 1. The molecule has 0 aromatic heterocycles. The quantitative estimate of drug-likeness (QED) is 0.905. The number of hydrogen-bond acceptors (Lipinski definition) is 3. The van der Waals surface area contributed by atoms with Gasteiger partial charge in [-0.3, -0.25) is 0 Å². The molecule has 3 nitrogen and oxygen atoms in total. The lowest BCUT2D eigenvalue weighted by molar-refractivity contribution is 0.317. The Balaban J connectivity index is 2.16. The van der Waals surface area contributed by atoms with Gasteiger partial charge in [-0.15, -0.1) is 0 Å². The third-order valence-electron chi connectivity index (χ3n) is 3.35. The van der Waals surface area contributed by atoms with E-state index >= 15 is 0 Å². The van der Waals surface area contributed by atoms with Gasteiger partial charge in [-0.05, 0) is 45.3 Å². The molecule has 0 saturated carbocycles. The van der Waals surface area contributed by atoms with Crippen LogP contribution in [0.5, 0.6) is 0 Å². The first-order chi connectivity index (χ1) is 8.56. The smallest absolute Gasteiger partial charge is 0.0542 e. The van der Waals surface area contributed by atoms with Crippen LogP contribution in [0.4, 0.5) is 5.69 Å². The third kappa shape index (κ3) is 3.37. The van der Waals surface area contributed by atoms with Crippen molar-refractivity contribution in [3.63, 3.8) is 0 Å². The summed E-state index contributed by atoms with van der Waals surface area (Å²) in [5.41, 5.74) is 1.26. The minimum Gasteiger partial charge on any atom is -0.364 e. The Morgan fingerprint density at radius 3 is 2.61 bits per heavy atom. The van der Waals surface area contributed by atoms with Crippen LogP contribution in [0.25, 0.3) is 0 Å². The normalized spacial score (nSPS) is 24.6. The van der Waals surface area contributed by atoms with E-state index < -0.39 is 0 Å². The Kier molecular flexibility index (Phi) is 4.49. The number of anilines is 1. The second-order valence-corrected chi connectivity index (χ2v) is 5.79. The highest BCUT2D eigenvalue weighted by Gasteiger charge is 2.26. The number of hydrogen-bond donors (Lipinski definition) is 1. The van der Waals surface area contributed by atoms with Gasteiger partial charge in [-0.2, -0.15) is 0 Å². The molecule has 1 N–H and O–H groups in total. The summed E-state index contributed by atoms with van der Waals surface area (Å²) < 4.78 is 0. The first-order valence-corrected chi connectivity index (χ1v) is 6.84. The molecule has 0 bridgehead atoms. The Hall–Kier alpha value is -0.770. The summed E-state index contributed by atoms with van der Waals surface area (Å²) >= 11 is 5.96. The second kappa shape index (κ2) is 5.91. The van der Waals surface area contributed by atoms with E-state index in [2.05, 4.69) is 48.3 Å². The maximum Gasteiger partial charge on any atom is 0.0542 e. The molecule has 4 heteroatoms. The zero-order chi connectivity index (χ0) is 13.1. The molecule has 1 aromatic rings. The Labute approximate surface area is 115 Å². The number of likely N-dealkylation sites (N-methyl/N-ethyl adjacent to an activating group) is 1. The second-order valence-electron chi connectivity index (χ2n) is 5.35. The average molecular weight is 268 g/mol. The van der Waals surface area contributed by atoms with Gasteiger partial charge in [0.15, 0.2) is 0 Å². The minimum absolute atomic E-state index is 0.511. The molecule has 2 atom stereocenters. The van der Waals surface area contributed by atoms with E-state index in [9.17, 15) is 0 Å². The number of nitrogens with zero attached hydrogens (tertiary/aromatic N) is 2. The van der Waals surface area contributed by atoms with Crippen molar-refractivity contribution in [1.82, 2.24) is 10.2 Å². The number of halogens is 1. The molecule has 1 aliphatic rings. The first-order valence-electron chi connectivity index (χ1n) is 6.46. The van der Waals surface area contributed by atoms with E-state index in [1.807, 2.05) is 12.1 Å². The zero-order valence-electron chi connectivity index (χ0n) is 11.4. The van der Waals surface area contributed by atoms with E-state index in [0.29, 0.717) is 12.1 Å². The van der Waals surface area contributed by atoms with Gasteiger partial charge >= 0.3 is 0 Å². The molecule has 18 heavy (non-hydrogen) atoms. The van der Waals surface area contributed by atoms with Crippen molar-refractivity contribution in [2.24, 2.45) is 0 Å². The van der Waals surface area contributed by atoms with Crippen molar-refractivity contribution >= 4 is 17.3 Å². The number of piperazine rings is 1. The lowest BCUT2D eigenvalue weighted by Crippen LogP contribution is -2.58. The van der Waals surface area contributed by atoms with Gasteiger partial charge in [-0.25, -0.2) is 0 Å². The fraction of sp³-hybridized carbons (Fsp3) is 0.571. The highest BCUT2D eigenvalue weighted by molar-refractivity contribution is 6.30. The van der Waals surface area contributed by atoms with Gasteiger partial charge < -0.3 is 15.1 Å². The van der Waals surface area contributed by atoms with Crippen LogP contribution in [-0.4, -0.2) is 50.7 Å². The summed E-state index contributed by atoms with van der Waals surface area (Å²) in [4.78, 5) is 4.72. The molecular weight excluding hydrogens is 246 g/mol. The van der Waals surface area contributed by atoms with Gasteiger partial charge in [0.25, 0.3) is 0 Å². The Morgan fingerprint density at radius 1 is 1.33 bits per heavy atom. The molecule has 0 spiro atoms. The monoisotopic (exact) mass is 267 g/mol. The van der Waals surface area contributed by atoms with Crippen LogP contribution in [0.15, 0.2) is 24.3 Å². The molecule has 1 saturated heterocycles. The van der Waals surface area contributed by atoms with Crippen LogP contribution >= 0.6 is 11.6 Å². The molecule has 0 radical (unpaired) electrons. The molecule has 1 aliphatic heterocycles. The van der Waals surface area contributed by atoms with Crippen LogP contribution < -0.4 is 10.2 Å². The largest absolute Gasteiger partial charge is 0.364 e. The fourth-order valence-electron chi connectivity index (χ4n) is 2.49. The maximum atomic E-state index is 5.96. The number of benzene rings is 1. The van der Waals surface area contributed by atoms with Gasteiger partial charge in [0.2, 0.25) is 0 Å². The molecule has 1 heterocycles. The van der Waals surface area contributed by atoms with Crippen molar-refractivity contribution < 1.29 is 0 Å². The van der Waals surface area contributed by atoms with Crippen LogP contribution in [-0.2, 0) is 0 Å². The SMILES string of the molecule is CC1CN(c2ccc(Cl)cc2)C(CN(C)C)CN1. The zero-order valence-corrected chi connectivity index (χ0v) is 12.1. The lowest BCUT2D eigenvalue weighted by atomic mass is 10.1. The summed E-state index contributed by atoms with van der Waals surface area (Å²) in [6.45, 7) is 5.36. The Bertz CT molecular complexity index is 377. The first kappa shape index (κ1) is 13.7. The van der Waals surface area contributed by atoms with E-state index in [0.717, 1.165) is 24.7 Å². The lowest BCUT2D eigenvalue weighted by Gasteiger charge is -2.42. The Morgan fingerprint density at radius 2 is 2.00 bits per heavy atom. The average Bonchev–Trinajstić information content (AvgIpc) is 2.32. The van der Waals surface area contributed by atoms with Crippen molar-refractivity contribution in [3.8, 4) is 0 Å². The molecular formula is C14H22ClN3. The van der Waals surface area contributed by atoms with Gasteiger partial charge in [-0.1, -0.05) is 11.6 Å². The maximum absolute atomic E-state index is 5.96. The topological polar surface area (TPSA) is 18.5 Å². The highest BCUT2D eigenvalue weighted by Crippen LogP contribution is 2.22. The minimum atomic E-state index is 0.511. The number of rotatable bonds is 3. The van der Waals surface area contributed by atoms with Crippen LogP contribution in [0, 0.1) is 0 Å². The predicted octanol–water partition coefficient (Wildman–Crippen LogP) is 2.07. The van der Waals surface area contributed by atoms with Crippen LogP contribution in [0.3, 0.4) is 0 Å². The van der Waals surface area contributed by atoms with E-state index in [1.165, 1.54) is 5.69 Å². The molecule has 2 unspecified atom stereocenters. The summed E-state index contributed by atoms with van der Waals surface area (Å²) in [6.07, 6.45) is 0. The standard InChI is InChI=1S/C14H22ClN3/c1-11-9-18(13-6-4-12(15)5-7-13)14(8-16-11)10-17(2)3/h4-7,11,14,16H,8-10H2,1-3H3. The van der Waals surface area contributed by atoms with Crippen LogP contribution in [0.2, 0.25) is 5.02 Å².